The quantitative estimate of drug-likeness (QED) is 0.313. The third kappa shape index (κ3) is 3.92. The molecule has 1 fully saturated rings. The normalized spacial score (nSPS) is 16.4. The molecule has 0 N–H and O–H groups in total. The average molecular weight is 416 g/mol. The second-order valence-electron chi connectivity index (χ2n) is 6.21. The van der Waals surface area contributed by atoms with E-state index in [0.717, 1.165) is 4.90 Å². The number of carbonyl (C=O) groups is 3. The molecule has 3 rings (SSSR count). The van der Waals surface area contributed by atoms with Crippen molar-refractivity contribution < 1.29 is 28.5 Å². The van der Waals surface area contributed by atoms with E-state index in [1.165, 1.54) is 32.2 Å². The molecule has 1 atom stereocenters. The zero-order valence-electron chi connectivity index (χ0n) is 15.7. The maximum absolute atomic E-state index is 12.5. The van der Waals surface area contributed by atoms with Crippen molar-refractivity contribution in [3.63, 3.8) is 0 Å². The number of hydrogen-bond acceptors (Lipinski definition) is 8. The van der Waals surface area contributed by atoms with Crippen LogP contribution in [0, 0.1) is 17.0 Å². The van der Waals surface area contributed by atoms with E-state index in [4.69, 9.17) is 4.42 Å². The zero-order valence-corrected chi connectivity index (χ0v) is 16.5. The Morgan fingerprint density at radius 2 is 2.03 bits per heavy atom. The first-order chi connectivity index (χ1) is 13.7. The van der Waals surface area contributed by atoms with Crippen molar-refractivity contribution in [2.75, 3.05) is 7.11 Å². The Morgan fingerprint density at radius 3 is 2.66 bits per heavy atom. The molecule has 150 valence electrons. The molecule has 2 amide bonds. The number of nitro groups is 1. The van der Waals surface area contributed by atoms with Crippen molar-refractivity contribution in [3.05, 3.63) is 56.7 Å². The molecule has 0 radical (unpaired) electrons. The van der Waals surface area contributed by atoms with Gasteiger partial charge in [-0.05, 0) is 49.4 Å². The molecule has 2 aromatic rings. The van der Waals surface area contributed by atoms with Gasteiger partial charge in [-0.2, -0.15) is 0 Å². The molecule has 1 aliphatic heterocycles. The number of hydrogen-bond donors (Lipinski definition) is 0. The third-order valence-corrected chi connectivity index (χ3v) is 5.22. The van der Waals surface area contributed by atoms with Crippen molar-refractivity contribution in [2.45, 2.75) is 19.9 Å². The summed E-state index contributed by atoms with van der Waals surface area (Å²) in [5.74, 6) is -0.510. The number of non-ortho nitro benzene ring substituents is 1. The van der Waals surface area contributed by atoms with Crippen LogP contribution in [0.15, 0.2) is 39.7 Å². The Hall–Kier alpha value is -3.40. The van der Waals surface area contributed by atoms with Gasteiger partial charge in [0.25, 0.3) is 16.8 Å². The highest BCUT2D eigenvalue weighted by molar-refractivity contribution is 8.18. The number of methoxy groups -OCH3 is 1. The van der Waals surface area contributed by atoms with Crippen LogP contribution in [0.2, 0.25) is 0 Å². The highest BCUT2D eigenvalue weighted by Gasteiger charge is 2.41. The minimum absolute atomic E-state index is 0.0218. The summed E-state index contributed by atoms with van der Waals surface area (Å²) in [6.45, 7) is 3.14. The summed E-state index contributed by atoms with van der Waals surface area (Å²) in [5, 5.41) is 10.3. The van der Waals surface area contributed by atoms with Gasteiger partial charge in [-0.15, -0.1) is 0 Å². The Balaban J connectivity index is 1.85. The summed E-state index contributed by atoms with van der Waals surface area (Å²) in [7, 11) is 1.18. The molecule has 0 bridgehead atoms. The van der Waals surface area contributed by atoms with E-state index in [9.17, 15) is 24.5 Å². The second kappa shape index (κ2) is 7.92. The van der Waals surface area contributed by atoms with E-state index in [0.29, 0.717) is 34.4 Å². The molecule has 2 heterocycles. The van der Waals surface area contributed by atoms with Crippen molar-refractivity contribution in [2.24, 2.45) is 0 Å². The molecular formula is C19H16N2O7S. The van der Waals surface area contributed by atoms with Gasteiger partial charge >= 0.3 is 5.97 Å². The van der Waals surface area contributed by atoms with Gasteiger partial charge in [0.2, 0.25) is 0 Å². The SMILES string of the molecule is COC(=O)[C@@H](C)N1C(=O)S/C(=C\c2ccc(-c3ccc([N+](=O)[O-])cc3C)o2)C1=O. The number of ether oxygens (including phenoxy) is 1. The van der Waals surface area contributed by atoms with Crippen LogP contribution in [0.1, 0.15) is 18.2 Å². The fraction of sp³-hybridized carbons (Fsp3) is 0.211. The minimum atomic E-state index is -1.03. The number of rotatable bonds is 5. The van der Waals surface area contributed by atoms with Gasteiger partial charge in [-0.3, -0.25) is 24.6 Å². The first kappa shape index (κ1) is 20.3. The predicted molar refractivity (Wildman–Crippen MR) is 105 cm³/mol. The van der Waals surface area contributed by atoms with E-state index < -0.39 is 28.1 Å². The maximum Gasteiger partial charge on any atom is 0.328 e. The van der Waals surface area contributed by atoms with Crippen molar-refractivity contribution in [1.82, 2.24) is 4.90 Å². The van der Waals surface area contributed by atoms with Crippen LogP contribution in [0.25, 0.3) is 17.4 Å². The number of furan rings is 1. The van der Waals surface area contributed by atoms with Gasteiger partial charge in [-0.25, -0.2) is 4.79 Å². The fourth-order valence-corrected chi connectivity index (χ4v) is 3.72. The number of nitrogens with zero attached hydrogens (tertiary/aromatic N) is 2. The van der Waals surface area contributed by atoms with Gasteiger partial charge in [0.1, 0.15) is 17.6 Å². The maximum atomic E-state index is 12.5. The zero-order chi connectivity index (χ0) is 21.3. The van der Waals surface area contributed by atoms with Crippen molar-refractivity contribution >= 4 is 40.6 Å². The molecule has 10 heteroatoms. The molecule has 0 aliphatic carbocycles. The minimum Gasteiger partial charge on any atom is -0.467 e. The predicted octanol–water partition coefficient (Wildman–Crippen LogP) is 3.76. The molecule has 0 spiro atoms. The Bertz CT molecular complexity index is 1060. The highest BCUT2D eigenvalue weighted by atomic mass is 32.2. The molecule has 0 saturated carbocycles. The summed E-state index contributed by atoms with van der Waals surface area (Å²) in [4.78, 5) is 47.7. The molecule has 1 aromatic heterocycles. The Kier molecular flexibility index (Phi) is 5.55. The standard InChI is InChI=1S/C19H16N2O7S/c1-10-8-12(21(25)26)4-6-14(10)15-7-5-13(28-15)9-16-17(22)20(19(24)29-16)11(2)18(23)27-3/h4-9,11H,1-3H3/b16-9-/t11-/m1/s1. The van der Waals surface area contributed by atoms with Gasteiger partial charge in [0, 0.05) is 23.8 Å². The molecule has 29 heavy (non-hydrogen) atoms. The van der Waals surface area contributed by atoms with Crippen LogP contribution >= 0.6 is 11.8 Å². The Labute approximate surface area is 169 Å². The van der Waals surface area contributed by atoms with Gasteiger partial charge in [-0.1, -0.05) is 0 Å². The molecule has 9 nitrogen and oxygen atoms in total. The lowest BCUT2D eigenvalue weighted by atomic mass is 10.1. The topological polar surface area (TPSA) is 120 Å². The highest BCUT2D eigenvalue weighted by Crippen LogP contribution is 2.35. The van der Waals surface area contributed by atoms with Crippen LogP contribution in [0.4, 0.5) is 10.5 Å². The van der Waals surface area contributed by atoms with E-state index in [2.05, 4.69) is 4.74 Å². The lowest BCUT2D eigenvalue weighted by Crippen LogP contribution is -2.42. The van der Waals surface area contributed by atoms with Crippen LogP contribution in [-0.4, -0.2) is 40.1 Å². The number of esters is 1. The number of aryl methyl sites for hydroxylation is 1. The summed E-state index contributed by atoms with van der Waals surface area (Å²) < 4.78 is 10.3. The smallest absolute Gasteiger partial charge is 0.328 e. The lowest BCUT2D eigenvalue weighted by Gasteiger charge is -2.18. The molecule has 1 saturated heterocycles. The average Bonchev–Trinajstić information content (AvgIpc) is 3.25. The fourth-order valence-electron chi connectivity index (χ4n) is 2.83. The van der Waals surface area contributed by atoms with Crippen LogP contribution in [0.5, 0.6) is 0 Å². The second-order valence-corrected chi connectivity index (χ2v) is 7.20. The third-order valence-electron chi connectivity index (χ3n) is 4.34. The summed E-state index contributed by atoms with van der Waals surface area (Å²) >= 11 is 0.702. The number of carbonyl (C=O) groups excluding carboxylic acids is 3. The summed E-state index contributed by atoms with van der Waals surface area (Å²) in [6.07, 6.45) is 1.42. The van der Waals surface area contributed by atoms with Crippen LogP contribution < -0.4 is 0 Å². The van der Waals surface area contributed by atoms with Crippen molar-refractivity contribution in [3.8, 4) is 11.3 Å². The molecule has 1 aliphatic rings. The number of amides is 2. The molecule has 1 aromatic carbocycles. The summed E-state index contributed by atoms with van der Waals surface area (Å²) in [6, 6.07) is 6.66. The van der Waals surface area contributed by atoms with E-state index in [-0.39, 0.29) is 10.6 Å². The van der Waals surface area contributed by atoms with E-state index in [1.54, 1.807) is 25.1 Å². The van der Waals surface area contributed by atoms with E-state index >= 15 is 0 Å². The number of benzene rings is 1. The van der Waals surface area contributed by atoms with Gasteiger partial charge < -0.3 is 9.15 Å². The summed E-state index contributed by atoms with van der Waals surface area (Å²) in [5.41, 5.74) is 1.31. The van der Waals surface area contributed by atoms with Gasteiger partial charge in [0.05, 0.1) is 16.9 Å². The van der Waals surface area contributed by atoms with Crippen LogP contribution in [0.3, 0.4) is 0 Å². The number of imide groups is 1. The van der Waals surface area contributed by atoms with Crippen LogP contribution in [-0.2, 0) is 14.3 Å². The largest absolute Gasteiger partial charge is 0.467 e. The van der Waals surface area contributed by atoms with Crippen molar-refractivity contribution in [1.29, 1.82) is 0 Å². The monoisotopic (exact) mass is 416 g/mol. The molecular weight excluding hydrogens is 400 g/mol. The van der Waals surface area contributed by atoms with Gasteiger partial charge in [0.15, 0.2) is 0 Å². The first-order valence-electron chi connectivity index (χ1n) is 8.43. The number of thioether (sulfide) groups is 1. The Morgan fingerprint density at radius 1 is 1.31 bits per heavy atom. The first-order valence-corrected chi connectivity index (χ1v) is 9.24. The number of nitro benzene ring substituents is 1. The lowest BCUT2D eigenvalue weighted by molar-refractivity contribution is -0.384. The molecule has 0 unspecified atom stereocenters. The van der Waals surface area contributed by atoms with E-state index in [1.807, 2.05) is 0 Å².